The van der Waals surface area contributed by atoms with Crippen LogP contribution in [0.3, 0.4) is 0 Å². The van der Waals surface area contributed by atoms with Crippen LogP contribution >= 0.6 is 11.3 Å². The molecule has 3 heterocycles. The van der Waals surface area contributed by atoms with Crippen molar-refractivity contribution in [2.24, 2.45) is 0 Å². The summed E-state index contributed by atoms with van der Waals surface area (Å²) in [5.74, 6) is -0.0641. The van der Waals surface area contributed by atoms with E-state index in [4.69, 9.17) is 5.26 Å². The molecule has 4 rings (SSSR count). The smallest absolute Gasteiger partial charge is 0.268 e. The second-order valence-electron chi connectivity index (χ2n) is 5.70. The Hall–Kier alpha value is -2.91. The lowest BCUT2D eigenvalue weighted by Crippen LogP contribution is -2.40. The summed E-state index contributed by atoms with van der Waals surface area (Å²) in [6.45, 7) is 0.567. The molecule has 24 heavy (non-hydrogen) atoms. The van der Waals surface area contributed by atoms with Crippen molar-refractivity contribution in [3.8, 4) is 6.07 Å². The lowest BCUT2D eigenvalue weighted by Gasteiger charge is -2.34. The highest BCUT2D eigenvalue weighted by atomic mass is 32.1. The van der Waals surface area contributed by atoms with Crippen molar-refractivity contribution in [3.05, 3.63) is 70.2 Å². The maximum atomic E-state index is 13.0. The number of rotatable bonds is 2. The molecule has 0 saturated carbocycles. The van der Waals surface area contributed by atoms with Crippen LogP contribution < -0.4 is 4.90 Å². The molecular weight excluding hydrogens is 320 g/mol. The molecule has 0 spiro atoms. The molecular formula is C18H14N4OS. The molecule has 5 nitrogen and oxygen atoms in total. The number of nitriles is 1. The standard InChI is InChI=1S/C18H14N4OS/c19-10-13-8-17(24-12-13)18(23)21-11-15(22-7-3-6-20-22)9-14-4-1-2-5-16(14)21/h1-8,12,15H,9,11H2. The van der Waals surface area contributed by atoms with Gasteiger partial charge in [-0.3, -0.25) is 9.48 Å². The molecule has 118 valence electrons. The third-order valence-electron chi connectivity index (χ3n) is 4.21. The summed E-state index contributed by atoms with van der Waals surface area (Å²) in [5.41, 5.74) is 2.60. The summed E-state index contributed by atoms with van der Waals surface area (Å²) in [5, 5.41) is 15.0. The lowest BCUT2D eigenvalue weighted by molar-refractivity contribution is 0.0984. The van der Waals surface area contributed by atoms with Crippen LogP contribution in [0.25, 0.3) is 0 Å². The lowest BCUT2D eigenvalue weighted by atomic mass is 9.97. The number of anilines is 1. The zero-order chi connectivity index (χ0) is 16.5. The van der Waals surface area contributed by atoms with Crippen molar-refractivity contribution in [1.82, 2.24) is 9.78 Å². The summed E-state index contributed by atoms with van der Waals surface area (Å²) in [6, 6.07) is 13.7. The first-order valence-corrected chi connectivity index (χ1v) is 8.52. The molecule has 1 atom stereocenters. The monoisotopic (exact) mass is 334 g/mol. The maximum absolute atomic E-state index is 13.0. The zero-order valence-electron chi connectivity index (χ0n) is 12.8. The second-order valence-corrected chi connectivity index (χ2v) is 6.61. The van der Waals surface area contributed by atoms with Crippen molar-refractivity contribution in [1.29, 1.82) is 5.26 Å². The van der Waals surface area contributed by atoms with Gasteiger partial charge in [-0.2, -0.15) is 10.4 Å². The average Bonchev–Trinajstić information content (AvgIpc) is 3.31. The SMILES string of the molecule is N#Cc1csc(C(=O)N2CC(n3cccn3)Cc3ccccc32)c1. The van der Waals surface area contributed by atoms with Gasteiger partial charge in [0.1, 0.15) is 6.07 Å². The van der Waals surface area contributed by atoms with Gasteiger partial charge in [0.15, 0.2) is 0 Å². The van der Waals surface area contributed by atoms with E-state index in [1.165, 1.54) is 11.3 Å². The number of aromatic nitrogens is 2. The Morgan fingerprint density at radius 2 is 2.21 bits per heavy atom. The molecule has 0 saturated heterocycles. The van der Waals surface area contributed by atoms with Gasteiger partial charge in [0.05, 0.1) is 16.5 Å². The van der Waals surface area contributed by atoms with Gasteiger partial charge in [0.2, 0.25) is 0 Å². The Labute approximate surface area is 143 Å². The van der Waals surface area contributed by atoms with Gasteiger partial charge >= 0.3 is 0 Å². The summed E-state index contributed by atoms with van der Waals surface area (Å²) in [6.07, 6.45) is 4.53. The molecule has 0 bridgehead atoms. The normalized spacial score (nSPS) is 16.5. The van der Waals surface area contributed by atoms with Crippen molar-refractivity contribution in [2.75, 3.05) is 11.4 Å². The highest BCUT2D eigenvalue weighted by Crippen LogP contribution is 2.33. The van der Waals surface area contributed by atoms with E-state index < -0.39 is 0 Å². The molecule has 0 radical (unpaired) electrons. The highest BCUT2D eigenvalue weighted by Gasteiger charge is 2.30. The topological polar surface area (TPSA) is 61.9 Å². The number of carbonyl (C=O) groups is 1. The third-order valence-corrected chi connectivity index (χ3v) is 5.13. The maximum Gasteiger partial charge on any atom is 0.268 e. The van der Waals surface area contributed by atoms with Crippen LogP contribution in [0.2, 0.25) is 0 Å². The van der Waals surface area contributed by atoms with Crippen molar-refractivity contribution in [2.45, 2.75) is 12.5 Å². The fraction of sp³-hybridized carbons (Fsp3) is 0.167. The minimum absolute atomic E-state index is 0.0641. The van der Waals surface area contributed by atoms with Crippen molar-refractivity contribution in [3.63, 3.8) is 0 Å². The number of thiophene rings is 1. The van der Waals surface area contributed by atoms with E-state index in [1.807, 2.05) is 35.1 Å². The van der Waals surface area contributed by atoms with E-state index in [0.717, 1.165) is 17.7 Å². The molecule has 3 aromatic rings. The number of carbonyl (C=O) groups excluding carboxylic acids is 1. The van der Waals surface area contributed by atoms with Crippen LogP contribution in [0.1, 0.15) is 26.8 Å². The number of fused-ring (bicyclic) bond motifs is 1. The van der Waals surface area contributed by atoms with Crippen molar-refractivity contribution < 1.29 is 4.79 Å². The number of hydrogen-bond acceptors (Lipinski definition) is 4. The molecule has 1 amide bonds. The molecule has 0 fully saturated rings. The van der Waals surface area contributed by atoms with Gasteiger partial charge in [-0.05, 0) is 30.2 Å². The van der Waals surface area contributed by atoms with Gasteiger partial charge in [-0.25, -0.2) is 0 Å². The van der Waals surface area contributed by atoms with Crippen LogP contribution in [0, 0.1) is 11.3 Å². The van der Waals surface area contributed by atoms with Gasteiger partial charge in [-0.1, -0.05) is 18.2 Å². The van der Waals surface area contributed by atoms with E-state index >= 15 is 0 Å². The first-order chi connectivity index (χ1) is 11.8. The predicted octanol–water partition coefficient (Wildman–Crippen LogP) is 3.26. The zero-order valence-corrected chi connectivity index (χ0v) is 13.6. The van der Waals surface area contributed by atoms with E-state index in [-0.39, 0.29) is 11.9 Å². The van der Waals surface area contributed by atoms with Crippen LogP contribution in [0.4, 0.5) is 5.69 Å². The average molecular weight is 334 g/mol. The number of amides is 1. The molecule has 0 aliphatic carbocycles. The molecule has 0 N–H and O–H groups in total. The molecule has 1 aliphatic rings. The first kappa shape index (κ1) is 14.7. The van der Waals surface area contributed by atoms with E-state index in [2.05, 4.69) is 17.2 Å². The Morgan fingerprint density at radius 3 is 2.96 bits per heavy atom. The fourth-order valence-corrected chi connectivity index (χ4v) is 3.86. The Bertz CT molecular complexity index is 923. The Balaban J connectivity index is 1.72. The summed E-state index contributed by atoms with van der Waals surface area (Å²) < 4.78 is 1.91. The van der Waals surface area contributed by atoms with E-state index in [1.54, 1.807) is 22.5 Å². The number of hydrogen-bond donors (Lipinski definition) is 0. The number of benzene rings is 1. The van der Waals surface area contributed by atoms with Crippen LogP contribution in [0.15, 0.2) is 54.2 Å². The summed E-state index contributed by atoms with van der Waals surface area (Å²) >= 11 is 1.31. The number of para-hydroxylation sites is 1. The van der Waals surface area contributed by atoms with E-state index in [0.29, 0.717) is 17.0 Å². The first-order valence-electron chi connectivity index (χ1n) is 7.64. The second kappa shape index (κ2) is 5.95. The molecule has 1 aliphatic heterocycles. The van der Waals surface area contributed by atoms with Gasteiger partial charge in [0.25, 0.3) is 5.91 Å². The van der Waals surface area contributed by atoms with Gasteiger partial charge in [-0.15, -0.1) is 11.3 Å². The molecule has 2 aromatic heterocycles. The highest BCUT2D eigenvalue weighted by molar-refractivity contribution is 7.12. The number of nitrogens with zero attached hydrogens (tertiary/aromatic N) is 4. The fourth-order valence-electron chi connectivity index (χ4n) is 3.08. The molecule has 1 unspecified atom stereocenters. The minimum Gasteiger partial charge on any atom is -0.305 e. The third kappa shape index (κ3) is 2.49. The minimum atomic E-state index is -0.0641. The quantitative estimate of drug-likeness (QED) is 0.722. The molecule has 1 aromatic carbocycles. The van der Waals surface area contributed by atoms with Crippen molar-refractivity contribution >= 4 is 22.9 Å². The largest absolute Gasteiger partial charge is 0.305 e. The predicted molar refractivity (Wildman–Crippen MR) is 92.1 cm³/mol. The van der Waals surface area contributed by atoms with Crippen LogP contribution in [0.5, 0.6) is 0 Å². The van der Waals surface area contributed by atoms with E-state index in [9.17, 15) is 4.79 Å². The summed E-state index contributed by atoms with van der Waals surface area (Å²) in [7, 11) is 0. The Kier molecular flexibility index (Phi) is 3.63. The Morgan fingerprint density at radius 1 is 1.33 bits per heavy atom. The van der Waals surface area contributed by atoms with Gasteiger partial charge in [0, 0.05) is 30.0 Å². The molecule has 6 heteroatoms. The van der Waals surface area contributed by atoms with Crippen LogP contribution in [-0.2, 0) is 6.42 Å². The summed E-state index contributed by atoms with van der Waals surface area (Å²) in [4.78, 5) is 15.4. The van der Waals surface area contributed by atoms with Crippen LogP contribution in [-0.4, -0.2) is 22.2 Å². The van der Waals surface area contributed by atoms with Gasteiger partial charge < -0.3 is 4.90 Å².